The first kappa shape index (κ1) is 11.1. The van der Waals surface area contributed by atoms with Gasteiger partial charge >= 0.3 is 0 Å². The summed E-state index contributed by atoms with van der Waals surface area (Å²) >= 11 is 1.83. The maximum absolute atomic E-state index is 9.83. The maximum atomic E-state index is 9.83. The van der Waals surface area contributed by atoms with Crippen LogP contribution in [0.4, 0.5) is 0 Å². The lowest BCUT2D eigenvalue weighted by atomic mass is 9.92. The molecule has 3 rings (SSSR count). The van der Waals surface area contributed by atoms with Crippen molar-refractivity contribution in [2.45, 2.75) is 31.7 Å². The van der Waals surface area contributed by atoms with Crippen LogP contribution in [0.5, 0.6) is 5.75 Å². The zero-order chi connectivity index (χ0) is 11.8. The smallest absolute Gasteiger partial charge is 0.124 e. The molecule has 2 atom stereocenters. The van der Waals surface area contributed by atoms with Crippen LogP contribution in [0.25, 0.3) is 10.1 Å². The number of piperidine rings is 1. The maximum Gasteiger partial charge on any atom is 0.124 e. The molecule has 2 heterocycles. The second-order valence-corrected chi connectivity index (χ2v) is 6.03. The van der Waals surface area contributed by atoms with Gasteiger partial charge in [-0.25, -0.2) is 0 Å². The minimum absolute atomic E-state index is 0.409. The highest BCUT2D eigenvalue weighted by molar-refractivity contribution is 7.19. The van der Waals surface area contributed by atoms with Gasteiger partial charge < -0.3 is 10.4 Å². The van der Waals surface area contributed by atoms with Crippen LogP contribution in [-0.2, 0) is 0 Å². The molecule has 0 saturated carbocycles. The fraction of sp³-hybridized carbons (Fsp3) is 0.429. The third-order valence-electron chi connectivity index (χ3n) is 3.58. The highest BCUT2D eigenvalue weighted by Gasteiger charge is 2.21. The van der Waals surface area contributed by atoms with Crippen molar-refractivity contribution in [3.05, 3.63) is 29.1 Å². The molecule has 0 aliphatic carbocycles. The van der Waals surface area contributed by atoms with E-state index < -0.39 is 0 Å². The molecule has 1 aliphatic rings. The largest absolute Gasteiger partial charge is 0.507 e. The van der Waals surface area contributed by atoms with E-state index in [1.54, 1.807) is 6.07 Å². The van der Waals surface area contributed by atoms with Crippen molar-refractivity contribution < 1.29 is 5.11 Å². The number of phenols is 1. The van der Waals surface area contributed by atoms with Crippen LogP contribution >= 0.6 is 11.3 Å². The van der Waals surface area contributed by atoms with Crippen molar-refractivity contribution in [1.29, 1.82) is 0 Å². The molecule has 2 aromatic rings. The number of benzene rings is 1. The Morgan fingerprint density at radius 3 is 3.06 bits per heavy atom. The van der Waals surface area contributed by atoms with Crippen LogP contribution in [-0.4, -0.2) is 17.7 Å². The SMILES string of the molecule is C[C@H]1C[C@@H](c2cc3c(O)cccc3s2)CCN1. The van der Waals surface area contributed by atoms with Crippen molar-refractivity contribution in [3.8, 4) is 5.75 Å². The molecular weight excluding hydrogens is 230 g/mol. The molecule has 0 amide bonds. The summed E-state index contributed by atoms with van der Waals surface area (Å²) in [6, 6.07) is 8.56. The molecule has 0 spiro atoms. The topological polar surface area (TPSA) is 32.3 Å². The van der Waals surface area contributed by atoms with Gasteiger partial charge in [0.25, 0.3) is 0 Å². The van der Waals surface area contributed by atoms with Gasteiger partial charge in [-0.05, 0) is 50.4 Å². The Hall–Kier alpha value is -1.06. The third-order valence-corrected chi connectivity index (χ3v) is 4.85. The summed E-state index contributed by atoms with van der Waals surface area (Å²) in [4.78, 5) is 1.43. The molecule has 1 aromatic heterocycles. The Morgan fingerprint density at radius 1 is 1.41 bits per heavy atom. The first-order valence-corrected chi connectivity index (χ1v) is 7.00. The van der Waals surface area contributed by atoms with Crippen molar-refractivity contribution in [2.75, 3.05) is 6.54 Å². The first-order valence-electron chi connectivity index (χ1n) is 6.19. The van der Waals surface area contributed by atoms with Gasteiger partial charge in [-0.2, -0.15) is 0 Å². The minimum Gasteiger partial charge on any atom is -0.507 e. The van der Waals surface area contributed by atoms with Gasteiger partial charge in [-0.1, -0.05) is 6.07 Å². The summed E-state index contributed by atoms with van der Waals surface area (Å²) in [5.74, 6) is 1.06. The number of phenolic OH excluding ortho intramolecular Hbond substituents is 1. The van der Waals surface area contributed by atoms with Gasteiger partial charge in [-0.3, -0.25) is 0 Å². The van der Waals surface area contributed by atoms with Gasteiger partial charge in [-0.15, -0.1) is 11.3 Å². The molecule has 0 bridgehead atoms. The van der Waals surface area contributed by atoms with Crippen LogP contribution in [0, 0.1) is 0 Å². The highest BCUT2D eigenvalue weighted by Crippen LogP contribution is 2.38. The number of fused-ring (bicyclic) bond motifs is 1. The van der Waals surface area contributed by atoms with Crippen molar-refractivity contribution in [3.63, 3.8) is 0 Å². The second-order valence-electron chi connectivity index (χ2n) is 4.91. The molecule has 3 heteroatoms. The summed E-state index contributed by atoms with van der Waals surface area (Å²) in [5, 5.41) is 14.3. The summed E-state index contributed by atoms with van der Waals surface area (Å²) in [7, 11) is 0. The second kappa shape index (κ2) is 4.31. The molecule has 90 valence electrons. The molecule has 2 nitrogen and oxygen atoms in total. The van der Waals surface area contributed by atoms with Gasteiger partial charge in [0, 0.05) is 21.0 Å². The lowest BCUT2D eigenvalue weighted by molar-refractivity contribution is 0.384. The van der Waals surface area contributed by atoms with Crippen molar-refractivity contribution in [1.82, 2.24) is 5.32 Å². The lowest BCUT2D eigenvalue weighted by Gasteiger charge is -2.27. The lowest BCUT2D eigenvalue weighted by Crippen LogP contribution is -2.34. The normalized spacial score (nSPS) is 25.2. The Morgan fingerprint density at radius 2 is 2.29 bits per heavy atom. The van der Waals surface area contributed by atoms with Crippen molar-refractivity contribution >= 4 is 21.4 Å². The summed E-state index contributed by atoms with van der Waals surface area (Å²) in [6.45, 7) is 3.35. The fourth-order valence-electron chi connectivity index (χ4n) is 2.66. The average molecular weight is 247 g/mol. The molecule has 1 saturated heterocycles. The average Bonchev–Trinajstić information content (AvgIpc) is 2.74. The number of hydrogen-bond acceptors (Lipinski definition) is 3. The first-order chi connectivity index (χ1) is 8.24. The molecule has 1 aromatic carbocycles. The Kier molecular flexibility index (Phi) is 2.81. The predicted molar refractivity (Wildman–Crippen MR) is 72.9 cm³/mol. The van der Waals surface area contributed by atoms with Gasteiger partial charge in [0.05, 0.1) is 0 Å². The van der Waals surface area contributed by atoms with E-state index in [1.165, 1.54) is 22.4 Å². The van der Waals surface area contributed by atoms with E-state index in [2.05, 4.69) is 24.4 Å². The summed E-state index contributed by atoms with van der Waals surface area (Å²) < 4.78 is 1.20. The Bertz CT molecular complexity index is 534. The summed E-state index contributed by atoms with van der Waals surface area (Å²) in [6.07, 6.45) is 2.41. The van der Waals surface area contributed by atoms with Crippen LogP contribution < -0.4 is 5.32 Å². The number of thiophene rings is 1. The highest BCUT2D eigenvalue weighted by atomic mass is 32.1. The van der Waals surface area contributed by atoms with Gasteiger partial charge in [0.15, 0.2) is 0 Å². The monoisotopic (exact) mass is 247 g/mol. The quantitative estimate of drug-likeness (QED) is 0.809. The zero-order valence-electron chi connectivity index (χ0n) is 9.94. The standard InChI is InChI=1S/C14H17NOS/c1-9-7-10(5-6-15-9)14-8-11-12(16)3-2-4-13(11)17-14/h2-4,8-10,15-16H,5-7H2,1H3/t9-,10-/m0/s1. The molecule has 2 N–H and O–H groups in total. The third kappa shape index (κ3) is 2.05. The van der Waals surface area contributed by atoms with Crippen LogP contribution in [0.15, 0.2) is 24.3 Å². The van der Waals surface area contributed by atoms with E-state index in [0.717, 1.165) is 11.9 Å². The van der Waals surface area contributed by atoms with Crippen molar-refractivity contribution in [2.24, 2.45) is 0 Å². The van der Waals surface area contributed by atoms with Gasteiger partial charge in [0.2, 0.25) is 0 Å². The molecule has 1 aliphatic heterocycles. The van der Waals surface area contributed by atoms with Crippen LogP contribution in [0.1, 0.15) is 30.6 Å². The van der Waals surface area contributed by atoms with E-state index >= 15 is 0 Å². The van der Waals surface area contributed by atoms with E-state index in [0.29, 0.717) is 17.7 Å². The molecule has 17 heavy (non-hydrogen) atoms. The number of nitrogens with one attached hydrogen (secondary N) is 1. The Labute approximate surface area is 105 Å². The summed E-state index contributed by atoms with van der Waals surface area (Å²) in [5.41, 5.74) is 0. The van der Waals surface area contributed by atoms with E-state index in [4.69, 9.17) is 0 Å². The molecule has 0 unspecified atom stereocenters. The molecule has 1 fully saturated rings. The van der Waals surface area contributed by atoms with Crippen LogP contribution in [0.3, 0.4) is 0 Å². The predicted octanol–water partition coefficient (Wildman–Crippen LogP) is 3.46. The van der Waals surface area contributed by atoms with E-state index in [9.17, 15) is 5.11 Å². The molecule has 0 radical (unpaired) electrons. The number of aromatic hydroxyl groups is 1. The zero-order valence-corrected chi connectivity index (χ0v) is 10.8. The fourth-order valence-corrected chi connectivity index (χ4v) is 3.89. The van der Waals surface area contributed by atoms with E-state index in [1.807, 2.05) is 17.4 Å². The number of hydrogen-bond donors (Lipinski definition) is 2. The number of rotatable bonds is 1. The van der Waals surface area contributed by atoms with Gasteiger partial charge in [0.1, 0.15) is 5.75 Å². The van der Waals surface area contributed by atoms with Crippen LogP contribution in [0.2, 0.25) is 0 Å². The minimum atomic E-state index is 0.409. The molecular formula is C14H17NOS. The van der Waals surface area contributed by atoms with E-state index in [-0.39, 0.29) is 0 Å². The Balaban J connectivity index is 1.97.